The van der Waals surface area contributed by atoms with Crippen LogP contribution in [0, 0.1) is 6.92 Å². The first-order valence-corrected chi connectivity index (χ1v) is 6.98. The van der Waals surface area contributed by atoms with Crippen molar-refractivity contribution < 1.29 is 18.7 Å². The third kappa shape index (κ3) is 4.32. The van der Waals surface area contributed by atoms with Crippen LogP contribution in [0.5, 0.6) is 0 Å². The van der Waals surface area contributed by atoms with E-state index in [-0.39, 0.29) is 11.7 Å². The molecule has 0 aliphatic heterocycles. The van der Waals surface area contributed by atoms with Crippen LogP contribution in [0.2, 0.25) is 0 Å². The van der Waals surface area contributed by atoms with E-state index in [0.29, 0.717) is 22.4 Å². The van der Waals surface area contributed by atoms with Crippen molar-refractivity contribution in [2.75, 3.05) is 18.2 Å². The number of esters is 1. The van der Waals surface area contributed by atoms with Crippen molar-refractivity contribution >= 4 is 29.3 Å². The van der Waals surface area contributed by atoms with Gasteiger partial charge in [-0.3, -0.25) is 4.79 Å². The van der Waals surface area contributed by atoms with E-state index in [9.17, 15) is 9.59 Å². The second-order valence-electron chi connectivity index (χ2n) is 3.99. The lowest BCUT2D eigenvalue weighted by atomic mass is 10.2. The fourth-order valence-corrected chi connectivity index (χ4v) is 2.07. The number of aromatic nitrogens is 2. The molecule has 2 rings (SSSR count). The monoisotopic (exact) mass is 307 g/mol. The molecule has 1 aromatic carbocycles. The van der Waals surface area contributed by atoms with Crippen LogP contribution in [-0.2, 0) is 9.53 Å². The zero-order valence-corrected chi connectivity index (χ0v) is 12.3. The van der Waals surface area contributed by atoms with E-state index >= 15 is 0 Å². The minimum atomic E-state index is -0.421. The van der Waals surface area contributed by atoms with Gasteiger partial charge in [0.05, 0.1) is 18.4 Å². The summed E-state index contributed by atoms with van der Waals surface area (Å²) in [6.07, 6.45) is 0. The van der Waals surface area contributed by atoms with Gasteiger partial charge in [-0.15, -0.1) is 10.2 Å². The van der Waals surface area contributed by atoms with Crippen LogP contribution in [0.3, 0.4) is 0 Å². The Labute approximate surface area is 125 Å². The fraction of sp³-hybridized carbons (Fsp3) is 0.231. The molecule has 110 valence electrons. The summed E-state index contributed by atoms with van der Waals surface area (Å²) in [5.41, 5.74) is 1.01. The van der Waals surface area contributed by atoms with Gasteiger partial charge in [0.1, 0.15) is 0 Å². The average molecular weight is 307 g/mol. The topological polar surface area (TPSA) is 94.3 Å². The largest absolute Gasteiger partial charge is 0.465 e. The molecule has 0 radical (unpaired) electrons. The van der Waals surface area contributed by atoms with Crippen LogP contribution in [0.25, 0.3) is 0 Å². The number of anilines is 1. The van der Waals surface area contributed by atoms with Crippen molar-refractivity contribution in [2.45, 2.75) is 12.1 Å². The van der Waals surface area contributed by atoms with Gasteiger partial charge < -0.3 is 14.5 Å². The first kappa shape index (κ1) is 15.0. The summed E-state index contributed by atoms with van der Waals surface area (Å²) in [4.78, 5) is 23.0. The van der Waals surface area contributed by atoms with Crippen LogP contribution in [-0.4, -0.2) is 34.9 Å². The molecule has 1 aromatic heterocycles. The second kappa shape index (κ2) is 6.89. The lowest BCUT2D eigenvalue weighted by Gasteiger charge is -2.05. The van der Waals surface area contributed by atoms with Crippen LogP contribution < -0.4 is 5.32 Å². The van der Waals surface area contributed by atoms with Gasteiger partial charge in [0.15, 0.2) is 0 Å². The number of ether oxygens (including phenoxy) is 1. The normalized spacial score (nSPS) is 10.2. The summed E-state index contributed by atoms with van der Waals surface area (Å²) in [5, 5.41) is 10.5. The molecule has 0 fully saturated rings. The first-order chi connectivity index (χ1) is 10.1. The van der Waals surface area contributed by atoms with Gasteiger partial charge in [-0.05, 0) is 24.3 Å². The maximum Gasteiger partial charge on any atom is 0.337 e. The highest BCUT2D eigenvalue weighted by Crippen LogP contribution is 2.16. The quantitative estimate of drug-likeness (QED) is 0.666. The Bertz CT molecular complexity index is 639. The predicted octanol–water partition coefficient (Wildman–Crippen LogP) is 1.90. The molecule has 0 atom stereocenters. The number of nitrogens with one attached hydrogen (secondary N) is 1. The van der Waals surface area contributed by atoms with E-state index in [4.69, 9.17) is 4.42 Å². The summed E-state index contributed by atoms with van der Waals surface area (Å²) in [6.45, 7) is 1.68. The zero-order chi connectivity index (χ0) is 15.2. The number of carbonyl (C=O) groups excluding carboxylic acids is 2. The number of hydrogen-bond donors (Lipinski definition) is 1. The molecule has 1 N–H and O–H groups in total. The number of hydrogen-bond acceptors (Lipinski definition) is 7. The van der Waals surface area contributed by atoms with Crippen molar-refractivity contribution in [3.8, 4) is 0 Å². The molecule has 0 bridgehead atoms. The number of rotatable bonds is 5. The summed E-state index contributed by atoms with van der Waals surface area (Å²) in [6, 6.07) is 6.42. The van der Waals surface area contributed by atoms with Gasteiger partial charge in [0, 0.05) is 12.6 Å². The van der Waals surface area contributed by atoms with Gasteiger partial charge in [-0.25, -0.2) is 4.79 Å². The molecule has 0 unspecified atom stereocenters. The Kier molecular flexibility index (Phi) is 4.94. The fourth-order valence-electron chi connectivity index (χ4n) is 1.47. The standard InChI is InChI=1S/C13H13N3O4S/c1-8-15-16-13(20-8)21-7-11(17)14-10-5-3-9(4-6-10)12(18)19-2/h3-6H,7H2,1-2H3,(H,14,17). The van der Waals surface area contributed by atoms with Crippen molar-refractivity contribution in [3.05, 3.63) is 35.7 Å². The molecule has 1 heterocycles. The highest BCUT2D eigenvalue weighted by molar-refractivity contribution is 7.99. The molecule has 2 aromatic rings. The smallest absolute Gasteiger partial charge is 0.337 e. The van der Waals surface area contributed by atoms with Gasteiger partial charge in [-0.2, -0.15) is 0 Å². The van der Waals surface area contributed by atoms with Crippen molar-refractivity contribution in [1.82, 2.24) is 10.2 Å². The van der Waals surface area contributed by atoms with Crippen LogP contribution in [0.1, 0.15) is 16.2 Å². The second-order valence-corrected chi connectivity index (χ2v) is 4.92. The third-order valence-electron chi connectivity index (χ3n) is 2.42. The lowest BCUT2D eigenvalue weighted by molar-refractivity contribution is -0.113. The molecular formula is C13H13N3O4S. The summed E-state index contributed by atoms with van der Waals surface area (Å²) >= 11 is 1.15. The van der Waals surface area contributed by atoms with Crippen molar-refractivity contribution in [3.63, 3.8) is 0 Å². The summed E-state index contributed by atoms with van der Waals surface area (Å²) in [7, 11) is 1.31. The van der Waals surface area contributed by atoms with E-state index in [1.807, 2.05) is 0 Å². The van der Waals surface area contributed by atoms with Crippen molar-refractivity contribution in [1.29, 1.82) is 0 Å². The number of thioether (sulfide) groups is 1. The van der Waals surface area contributed by atoms with Gasteiger partial charge in [0.2, 0.25) is 11.8 Å². The Balaban J connectivity index is 1.86. The van der Waals surface area contributed by atoms with Crippen LogP contribution in [0.15, 0.2) is 33.9 Å². The zero-order valence-electron chi connectivity index (χ0n) is 11.5. The third-order valence-corrected chi connectivity index (χ3v) is 3.24. The Morgan fingerprint density at radius 3 is 2.57 bits per heavy atom. The number of nitrogens with zero attached hydrogens (tertiary/aromatic N) is 2. The van der Waals surface area contributed by atoms with Crippen molar-refractivity contribution in [2.24, 2.45) is 0 Å². The minimum absolute atomic E-state index is 0.153. The molecule has 0 aliphatic rings. The van der Waals surface area contributed by atoms with Crippen LogP contribution in [0.4, 0.5) is 5.69 Å². The average Bonchev–Trinajstić information content (AvgIpc) is 2.91. The van der Waals surface area contributed by atoms with Gasteiger partial charge >= 0.3 is 5.97 Å². The molecule has 0 aliphatic carbocycles. The van der Waals surface area contributed by atoms with Gasteiger partial charge in [0.25, 0.3) is 5.22 Å². The summed E-state index contributed by atoms with van der Waals surface area (Å²) < 4.78 is 9.74. The van der Waals surface area contributed by atoms with Crippen LogP contribution >= 0.6 is 11.8 Å². The molecule has 1 amide bonds. The van der Waals surface area contributed by atoms with E-state index in [1.165, 1.54) is 7.11 Å². The molecule has 8 heteroatoms. The molecular weight excluding hydrogens is 294 g/mol. The number of methoxy groups -OCH3 is 1. The van der Waals surface area contributed by atoms with E-state index in [1.54, 1.807) is 31.2 Å². The Morgan fingerprint density at radius 2 is 2.00 bits per heavy atom. The SMILES string of the molecule is COC(=O)c1ccc(NC(=O)CSc2nnc(C)o2)cc1. The maximum atomic E-state index is 11.8. The minimum Gasteiger partial charge on any atom is -0.465 e. The highest BCUT2D eigenvalue weighted by atomic mass is 32.2. The number of amides is 1. The molecule has 0 saturated heterocycles. The van der Waals surface area contributed by atoms with E-state index in [0.717, 1.165) is 11.8 Å². The Hall–Kier alpha value is -2.35. The Morgan fingerprint density at radius 1 is 1.29 bits per heavy atom. The lowest BCUT2D eigenvalue weighted by Crippen LogP contribution is -2.14. The van der Waals surface area contributed by atoms with E-state index < -0.39 is 5.97 Å². The predicted molar refractivity (Wildman–Crippen MR) is 76.2 cm³/mol. The molecule has 7 nitrogen and oxygen atoms in total. The number of carbonyl (C=O) groups is 2. The first-order valence-electron chi connectivity index (χ1n) is 5.99. The van der Waals surface area contributed by atoms with Gasteiger partial charge in [-0.1, -0.05) is 11.8 Å². The van der Waals surface area contributed by atoms with E-state index in [2.05, 4.69) is 20.3 Å². The maximum absolute atomic E-state index is 11.8. The number of aryl methyl sites for hydroxylation is 1. The highest BCUT2D eigenvalue weighted by Gasteiger charge is 2.09. The molecule has 0 spiro atoms. The molecule has 21 heavy (non-hydrogen) atoms. The summed E-state index contributed by atoms with van der Waals surface area (Å²) in [5.74, 6) is -0.0198. The number of benzene rings is 1. The molecule has 0 saturated carbocycles.